The number of anilines is 1. The minimum absolute atomic E-state index is 0.0108. The molecule has 0 atom stereocenters. The minimum atomic E-state index is 0.0108. The first-order valence-corrected chi connectivity index (χ1v) is 9.59. The molecule has 1 N–H and O–H groups in total. The second kappa shape index (κ2) is 7.81. The molecule has 23 heavy (non-hydrogen) atoms. The van der Waals surface area contributed by atoms with Gasteiger partial charge in [0.2, 0.25) is 5.91 Å². The van der Waals surface area contributed by atoms with Crippen molar-refractivity contribution >= 4 is 50.6 Å². The lowest BCUT2D eigenvalue weighted by atomic mass is 10.2. The quantitative estimate of drug-likeness (QED) is 0.579. The predicted molar refractivity (Wildman–Crippen MR) is 101 cm³/mol. The third-order valence-electron chi connectivity index (χ3n) is 3.13. The summed E-state index contributed by atoms with van der Waals surface area (Å²) in [5.41, 5.74) is 1.88. The average molecular weight is 404 g/mol. The largest absolute Gasteiger partial charge is 0.326 e. The Morgan fingerprint density at radius 1 is 1.00 bits per heavy atom. The van der Waals surface area contributed by atoms with Gasteiger partial charge >= 0.3 is 0 Å². The van der Waals surface area contributed by atoms with Crippen LogP contribution in [0.1, 0.15) is 5.56 Å². The molecule has 2 nitrogen and oxygen atoms in total. The molecule has 0 fully saturated rings. The van der Waals surface area contributed by atoms with Gasteiger partial charge in [-0.15, -0.1) is 0 Å². The summed E-state index contributed by atoms with van der Waals surface area (Å²) >= 11 is 6.74. The van der Waals surface area contributed by atoms with E-state index in [1.165, 1.54) is 4.90 Å². The number of rotatable bonds is 5. The normalized spacial score (nSPS) is 10.5. The van der Waals surface area contributed by atoms with Gasteiger partial charge in [-0.3, -0.25) is 4.79 Å². The van der Waals surface area contributed by atoms with Crippen LogP contribution < -0.4 is 5.32 Å². The number of hydrogen-bond acceptors (Lipinski definition) is 3. The Morgan fingerprint density at radius 2 is 1.65 bits per heavy atom. The van der Waals surface area contributed by atoms with E-state index < -0.39 is 0 Å². The maximum atomic E-state index is 12.0. The number of halogens is 1. The molecule has 0 saturated carbocycles. The first-order chi connectivity index (χ1) is 11.2. The number of thiophene rings is 1. The molecule has 1 aromatic heterocycles. The van der Waals surface area contributed by atoms with E-state index in [-0.39, 0.29) is 5.91 Å². The Labute approximate surface area is 152 Å². The molecular weight excluding hydrogens is 390 g/mol. The van der Waals surface area contributed by atoms with Gasteiger partial charge in [-0.25, -0.2) is 0 Å². The van der Waals surface area contributed by atoms with Crippen LogP contribution in [0.2, 0.25) is 0 Å². The van der Waals surface area contributed by atoms with Crippen molar-refractivity contribution in [1.82, 2.24) is 0 Å². The van der Waals surface area contributed by atoms with Crippen molar-refractivity contribution in [3.63, 3.8) is 0 Å². The number of carbonyl (C=O) groups excluding carboxylic acids is 1. The lowest BCUT2D eigenvalue weighted by Gasteiger charge is -2.06. The molecule has 0 bridgehead atoms. The van der Waals surface area contributed by atoms with Gasteiger partial charge in [0.15, 0.2) is 0 Å². The van der Waals surface area contributed by atoms with Gasteiger partial charge in [-0.05, 0) is 70.9 Å². The topological polar surface area (TPSA) is 29.1 Å². The second-order valence-corrected chi connectivity index (χ2v) is 7.78. The Hall–Kier alpha value is -1.56. The van der Waals surface area contributed by atoms with Gasteiger partial charge in [0.25, 0.3) is 0 Å². The zero-order chi connectivity index (χ0) is 16.1. The van der Waals surface area contributed by atoms with Crippen LogP contribution in [0.5, 0.6) is 0 Å². The van der Waals surface area contributed by atoms with E-state index in [1.807, 2.05) is 53.2 Å². The fraction of sp³-hybridized carbons (Fsp3) is 0.0556. The number of hydrogen-bond donors (Lipinski definition) is 1. The summed E-state index contributed by atoms with van der Waals surface area (Å²) in [6.45, 7) is 0. The summed E-state index contributed by atoms with van der Waals surface area (Å²) in [5.74, 6) is 0.0108. The van der Waals surface area contributed by atoms with Crippen molar-refractivity contribution < 1.29 is 4.79 Å². The maximum Gasteiger partial charge on any atom is 0.228 e. The third kappa shape index (κ3) is 4.96. The highest BCUT2D eigenvalue weighted by Gasteiger charge is 2.05. The summed E-state index contributed by atoms with van der Waals surface area (Å²) in [4.78, 5) is 14.3. The molecule has 0 aliphatic rings. The molecule has 116 valence electrons. The van der Waals surface area contributed by atoms with Crippen LogP contribution in [0.15, 0.2) is 79.6 Å². The summed E-state index contributed by atoms with van der Waals surface area (Å²) in [5, 5.41) is 6.91. The van der Waals surface area contributed by atoms with Gasteiger partial charge < -0.3 is 5.32 Å². The Kier molecular flexibility index (Phi) is 5.54. The van der Waals surface area contributed by atoms with E-state index in [4.69, 9.17) is 0 Å². The van der Waals surface area contributed by atoms with Crippen LogP contribution in [0.3, 0.4) is 0 Å². The predicted octanol–water partition coefficient (Wildman–Crippen LogP) is 5.84. The van der Waals surface area contributed by atoms with Crippen LogP contribution in [0, 0.1) is 0 Å². The number of carbonyl (C=O) groups is 1. The maximum absolute atomic E-state index is 12.0. The molecule has 0 radical (unpaired) electrons. The van der Waals surface area contributed by atoms with Crippen molar-refractivity contribution in [1.29, 1.82) is 0 Å². The molecule has 0 unspecified atom stereocenters. The van der Waals surface area contributed by atoms with E-state index in [0.29, 0.717) is 6.42 Å². The molecule has 1 amide bonds. The first kappa shape index (κ1) is 16.3. The summed E-state index contributed by atoms with van der Waals surface area (Å²) in [7, 11) is 0. The van der Waals surface area contributed by atoms with E-state index >= 15 is 0 Å². The summed E-state index contributed by atoms with van der Waals surface area (Å²) in [6, 6.07) is 18.1. The molecule has 1 heterocycles. The molecule has 0 spiro atoms. The second-order valence-electron chi connectivity index (χ2n) is 4.94. The Morgan fingerprint density at radius 3 is 2.26 bits per heavy atom. The highest BCUT2D eigenvalue weighted by atomic mass is 79.9. The zero-order valence-corrected chi connectivity index (χ0v) is 15.4. The lowest BCUT2D eigenvalue weighted by molar-refractivity contribution is -0.115. The Bertz CT molecular complexity index is 768. The third-order valence-corrected chi connectivity index (χ3v) is 5.41. The van der Waals surface area contributed by atoms with Crippen LogP contribution in [0.25, 0.3) is 0 Å². The van der Waals surface area contributed by atoms with Crippen LogP contribution in [0.4, 0.5) is 5.69 Å². The summed E-state index contributed by atoms with van der Waals surface area (Å²) in [6.07, 6.45) is 0.416. The van der Waals surface area contributed by atoms with Crippen molar-refractivity contribution in [2.75, 3.05) is 5.32 Å². The first-order valence-electron chi connectivity index (χ1n) is 7.03. The van der Waals surface area contributed by atoms with Gasteiger partial charge in [-0.1, -0.05) is 27.7 Å². The van der Waals surface area contributed by atoms with E-state index in [2.05, 4.69) is 33.4 Å². The van der Waals surface area contributed by atoms with Crippen LogP contribution >= 0.6 is 39.0 Å². The van der Waals surface area contributed by atoms with E-state index in [0.717, 1.165) is 20.6 Å². The van der Waals surface area contributed by atoms with Crippen molar-refractivity contribution in [2.24, 2.45) is 0 Å². The molecule has 3 aromatic rings. The molecule has 2 aromatic carbocycles. The fourth-order valence-corrected chi connectivity index (χ4v) is 3.78. The smallest absolute Gasteiger partial charge is 0.228 e. The van der Waals surface area contributed by atoms with Crippen molar-refractivity contribution in [3.8, 4) is 0 Å². The Balaban J connectivity index is 1.58. The van der Waals surface area contributed by atoms with E-state index in [1.54, 1.807) is 23.1 Å². The highest BCUT2D eigenvalue weighted by molar-refractivity contribution is 9.10. The van der Waals surface area contributed by atoms with Gasteiger partial charge in [0.05, 0.1) is 6.42 Å². The zero-order valence-electron chi connectivity index (χ0n) is 12.2. The van der Waals surface area contributed by atoms with E-state index in [9.17, 15) is 4.79 Å². The summed E-state index contributed by atoms with van der Waals surface area (Å²) < 4.78 is 1.07. The monoisotopic (exact) mass is 403 g/mol. The standard InChI is InChI=1S/C18H14BrNOS2/c19-14-1-5-16(6-2-14)23-17-7-3-15(4-8-17)20-18(21)11-13-9-10-22-12-13/h1-10,12H,11H2,(H,20,21). The van der Waals surface area contributed by atoms with Crippen molar-refractivity contribution in [2.45, 2.75) is 16.2 Å². The highest BCUT2D eigenvalue weighted by Crippen LogP contribution is 2.29. The minimum Gasteiger partial charge on any atom is -0.326 e. The average Bonchev–Trinajstić information content (AvgIpc) is 3.04. The van der Waals surface area contributed by atoms with Crippen LogP contribution in [-0.4, -0.2) is 5.91 Å². The van der Waals surface area contributed by atoms with Crippen LogP contribution in [-0.2, 0) is 11.2 Å². The molecule has 0 aliphatic carbocycles. The lowest BCUT2D eigenvalue weighted by Crippen LogP contribution is -2.13. The molecule has 0 saturated heterocycles. The SMILES string of the molecule is O=C(Cc1ccsc1)Nc1ccc(Sc2ccc(Br)cc2)cc1. The molecule has 3 rings (SSSR count). The van der Waals surface area contributed by atoms with Gasteiger partial charge in [0.1, 0.15) is 0 Å². The van der Waals surface area contributed by atoms with Crippen molar-refractivity contribution in [3.05, 3.63) is 75.4 Å². The van der Waals surface area contributed by atoms with Gasteiger partial charge in [-0.2, -0.15) is 11.3 Å². The molecule has 5 heteroatoms. The molecular formula is C18H14BrNOS2. The number of amides is 1. The fourth-order valence-electron chi connectivity index (χ4n) is 2.03. The molecule has 0 aliphatic heterocycles. The van der Waals surface area contributed by atoms with Gasteiger partial charge in [0, 0.05) is 20.0 Å². The number of benzene rings is 2. The number of nitrogens with one attached hydrogen (secondary N) is 1.